The fourth-order valence-corrected chi connectivity index (χ4v) is 7.58. The number of aliphatic hydroxyl groups excluding tert-OH is 1. The van der Waals surface area contributed by atoms with E-state index >= 15 is 0 Å². The lowest BCUT2D eigenvalue weighted by molar-refractivity contribution is -0.145. The van der Waals surface area contributed by atoms with Gasteiger partial charge in [0, 0.05) is 18.8 Å². The first-order chi connectivity index (χ1) is 20.2. The second-order valence-corrected chi connectivity index (χ2v) is 12.1. The summed E-state index contributed by atoms with van der Waals surface area (Å²) in [6.07, 6.45) is 7.40. The van der Waals surface area contributed by atoms with E-state index in [0.717, 1.165) is 11.3 Å². The van der Waals surface area contributed by atoms with E-state index in [1.165, 1.54) is 4.90 Å². The fourth-order valence-electron chi connectivity index (χ4n) is 7.25. The van der Waals surface area contributed by atoms with Gasteiger partial charge in [-0.3, -0.25) is 14.4 Å². The third kappa shape index (κ3) is 4.22. The smallest absolute Gasteiger partial charge is 0.253 e. The normalized spacial score (nSPS) is 30.1. The van der Waals surface area contributed by atoms with E-state index in [0.29, 0.717) is 23.7 Å². The number of aryl methyl sites for hydroxylation is 1. The first-order valence-corrected chi connectivity index (χ1v) is 15.0. The third-order valence-electron chi connectivity index (χ3n) is 9.47. The number of aliphatic hydroxyl groups is 1. The Kier molecular flexibility index (Phi) is 7.50. The molecule has 1 unspecified atom stereocenters. The molecule has 0 bridgehead atoms. The molecule has 3 amide bonds. The Bertz CT molecular complexity index is 1440. The topological polar surface area (TPSA) is 90.4 Å². The minimum atomic E-state index is -1.39. The van der Waals surface area contributed by atoms with Crippen LogP contribution in [0.1, 0.15) is 25.8 Å². The van der Waals surface area contributed by atoms with E-state index in [1.807, 2.05) is 87.5 Å². The molecule has 1 N–H and O–H groups in total. The molecular weight excluding hydrogens is 554 g/mol. The van der Waals surface area contributed by atoms with Gasteiger partial charge in [0.25, 0.3) is 5.91 Å². The van der Waals surface area contributed by atoms with Crippen molar-refractivity contribution in [2.45, 2.75) is 51.0 Å². The fraction of sp³-hybridized carbons (Fsp3) is 0.424. The summed E-state index contributed by atoms with van der Waals surface area (Å²) in [5.41, 5.74) is 0.730. The van der Waals surface area contributed by atoms with E-state index in [4.69, 9.17) is 16.3 Å². The number of likely N-dealkylation sites (tertiary alicyclic amines) is 1. The van der Waals surface area contributed by atoms with Crippen molar-refractivity contribution in [3.63, 3.8) is 0 Å². The van der Waals surface area contributed by atoms with Crippen LogP contribution in [0.4, 0.5) is 11.4 Å². The van der Waals surface area contributed by atoms with Crippen molar-refractivity contribution in [1.82, 2.24) is 4.90 Å². The maximum atomic E-state index is 14.8. The number of fused-ring (bicyclic) bond motifs is 2. The number of rotatable bonds is 6. The van der Waals surface area contributed by atoms with Gasteiger partial charge in [-0.1, -0.05) is 86.5 Å². The van der Waals surface area contributed by atoms with Crippen LogP contribution < -0.4 is 9.80 Å². The van der Waals surface area contributed by atoms with Crippen molar-refractivity contribution in [2.75, 3.05) is 29.5 Å². The molecule has 4 heterocycles. The van der Waals surface area contributed by atoms with Crippen molar-refractivity contribution >= 4 is 40.7 Å². The van der Waals surface area contributed by atoms with Crippen LogP contribution in [-0.2, 0) is 19.1 Å². The summed E-state index contributed by atoms with van der Waals surface area (Å²) in [6.45, 7) is 6.09. The number of para-hydroxylation sites is 2. The second-order valence-electron chi connectivity index (χ2n) is 11.7. The van der Waals surface area contributed by atoms with Gasteiger partial charge in [0.05, 0.1) is 41.3 Å². The lowest BCUT2D eigenvalue weighted by Gasteiger charge is -2.40. The standard InChI is InChI=1S/C33H36ClN3O5/c1-4-20(2)24(19-38)37-29-32(41)36(28-21(3)11-8-14-23(28)34)18-10-16-33(29)27(31(37)40)26-25(42-33)15-9-17-35(30(26)39)22-12-6-5-7-13-22/h5-16,20,24-27,29,38H,4,17-19H2,1-3H3/t20-,24-,25+,26-,27-,29?,33-/m0/s1. The molecular formula is C33H36ClN3O5. The SMILES string of the molecule is CC[C@H](C)[C@H](CO)N1C(=O)[C@@H]2[C@H]3C(=O)N(c4ccccc4)CC=C[C@H]3O[C@@]23C=CCN(c2c(C)cccc2Cl)C(=O)C13. The molecule has 0 aliphatic carbocycles. The van der Waals surface area contributed by atoms with Crippen LogP contribution in [0.25, 0.3) is 0 Å². The molecule has 0 radical (unpaired) electrons. The molecule has 6 rings (SSSR count). The molecule has 220 valence electrons. The van der Waals surface area contributed by atoms with Crippen molar-refractivity contribution in [2.24, 2.45) is 17.8 Å². The van der Waals surface area contributed by atoms with E-state index in [1.54, 1.807) is 15.9 Å². The third-order valence-corrected chi connectivity index (χ3v) is 9.77. The van der Waals surface area contributed by atoms with E-state index in [2.05, 4.69) is 0 Å². The van der Waals surface area contributed by atoms with Gasteiger partial charge in [-0.2, -0.15) is 0 Å². The maximum Gasteiger partial charge on any atom is 0.253 e. The van der Waals surface area contributed by atoms with Gasteiger partial charge in [0.1, 0.15) is 11.6 Å². The zero-order valence-electron chi connectivity index (χ0n) is 24.0. The van der Waals surface area contributed by atoms with Gasteiger partial charge in [-0.25, -0.2) is 0 Å². The van der Waals surface area contributed by atoms with Crippen molar-refractivity contribution < 1.29 is 24.2 Å². The van der Waals surface area contributed by atoms with Crippen LogP contribution in [0, 0.1) is 24.7 Å². The van der Waals surface area contributed by atoms with Crippen molar-refractivity contribution in [3.05, 3.63) is 83.4 Å². The summed E-state index contributed by atoms with van der Waals surface area (Å²) in [5, 5.41) is 11.0. The quantitative estimate of drug-likeness (QED) is 0.512. The lowest BCUT2D eigenvalue weighted by Crippen LogP contribution is -2.59. The van der Waals surface area contributed by atoms with Gasteiger partial charge < -0.3 is 24.5 Å². The van der Waals surface area contributed by atoms with Crippen LogP contribution in [0.5, 0.6) is 0 Å². The van der Waals surface area contributed by atoms with Crippen LogP contribution in [0.2, 0.25) is 5.02 Å². The molecule has 8 nitrogen and oxygen atoms in total. The minimum absolute atomic E-state index is 0.105. The molecule has 0 aromatic heterocycles. The van der Waals surface area contributed by atoms with E-state index < -0.39 is 35.6 Å². The number of amides is 3. The molecule has 2 saturated heterocycles. The average molecular weight is 590 g/mol. The molecule has 4 aliphatic heterocycles. The largest absolute Gasteiger partial charge is 0.394 e. The molecule has 42 heavy (non-hydrogen) atoms. The average Bonchev–Trinajstić information content (AvgIpc) is 3.30. The van der Waals surface area contributed by atoms with E-state index in [9.17, 15) is 19.5 Å². The van der Waals surface area contributed by atoms with Gasteiger partial charge in [0.2, 0.25) is 11.8 Å². The van der Waals surface area contributed by atoms with E-state index in [-0.39, 0.29) is 36.8 Å². The minimum Gasteiger partial charge on any atom is -0.394 e. The summed E-state index contributed by atoms with van der Waals surface area (Å²) in [4.78, 5) is 48.5. The summed E-state index contributed by atoms with van der Waals surface area (Å²) in [5.74, 6) is -2.81. The van der Waals surface area contributed by atoms with Crippen LogP contribution >= 0.6 is 11.6 Å². The molecule has 7 atom stereocenters. The molecule has 0 saturated carbocycles. The first kappa shape index (κ1) is 28.6. The summed E-state index contributed by atoms with van der Waals surface area (Å²) in [6, 6.07) is 13.1. The van der Waals surface area contributed by atoms with Crippen LogP contribution in [-0.4, -0.2) is 71.2 Å². The number of ether oxygens (including phenoxy) is 1. The Morgan fingerprint density at radius 3 is 2.43 bits per heavy atom. The molecule has 9 heteroatoms. The highest BCUT2D eigenvalue weighted by Gasteiger charge is 2.72. The molecule has 2 fully saturated rings. The Labute approximate surface area is 251 Å². The highest BCUT2D eigenvalue weighted by atomic mass is 35.5. The van der Waals surface area contributed by atoms with Crippen LogP contribution in [0.15, 0.2) is 72.8 Å². The van der Waals surface area contributed by atoms with Crippen molar-refractivity contribution in [1.29, 1.82) is 0 Å². The number of anilines is 2. The zero-order chi connectivity index (χ0) is 29.8. The number of carbonyl (C=O) groups is 3. The lowest BCUT2D eigenvalue weighted by atomic mass is 9.77. The number of benzene rings is 2. The monoisotopic (exact) mass is 589 g/mol. The summed E-state index contributed by atoms with van der Waals surface area (Å²) >= 11 is 6.64. The predicted molar refractivity (Wildman–Crippen MR) is 161 cm³/mol. The Balaban J connectivity index is 1.50. The Morgan fingerprint density at radius 2 is 1.74 bits per heavy atom. The Morgan fingerprint density at radius 1 is 1.00 bits per heavy atom. The van der Waals surface area contributed by atoms with Gasteiger partial charge >= 0.3 is 0 Å². The van der Waals surface area contributed by atoms with Gasteiger partial charge in [-0.15, -0.1) is 0 Å². The van der Waals surface area contributed by atoms with Crippen LogP contribution in [0.3, 0.4) is 0 Å². The number of hydrogen-bond acceptors (Lipinski definition) is 5. The highest BCUT2D eigenvalue weighted by Crippen LogP contribution is 2.55. The Hall–Kier alpha value is -3.46. The van der Waals surface area contributed by atoms with Gasteiger partial charge in [-0.05, 0) is 36.6 Å². The number of hydrogen-bond donors (Lipinski definition) is 1. The molecule has 2 aromatic carbocycles. The maximum absolute atomic E-state index is 14.8. The number of nitrogens with zero attached hydrogens (tertiary/aromatic N) is 3. The second kappa shape index (κ2) is 11.0. The van der Waals surface area contributed by atoms with Gasteiger partial charge in [0.15, 0.2) is 0 Å². The van der Waals surface area contributed by atoms with Crippen molar-refractivity contribution in [3.8, 4) is 0 Å². The molecule has 2 aromatic rings. The first-order valence-electron chi connectivity index (χ1n) is 14.6. The molecule has 1 spiro atoms. The number of halogens is 1. The molecule has 4 aliphatic rings. The summed E-state index contributed by atoms with van der Waals surface area (Å²) in [7, 11) is 0. The summed E-state index contributed by atoms with van der Waals surface area (Å²) < 4.78 is 6.77. The predicted octanol–water partition coefficient (Wildman–Crippen LogP) is 4.14. The number of carbonyl (C=O) groups excluding carboxylic acids is 3. The highest BCUT2D eigenvalue weighted by molar-refractivity contribution is 6.34. The zero-order valence-corrected chi connectivity index (χ0v) is 24.8.